The highest BCUT2D eigenvalue weighted by Crippen LogP contribution is 2.26. The first-order valence-corrected chi connectivity index (χ1v) is 8.62. The Labute approximate surface area is 143 Å². The van der Waals surface area contributed by atoms with Gasteiger partial charge in [0.05, 0.1) is 0 Å². The van der Waals surface area contributed by atoms with E-state index in [1.54, 1.807) is 6.20 Å². The van der Waals surface area contributed by atoms with Gasteiger partial charge < -0.3 is 5.32 Å². The van der Waals surface area contributed by atoms with Gasteiger partial charge in [0.1, 0.15) is 5.69 Å². The topological polar surface area (TPSA) is 42.0 Å². The van der Waals surface area contributed by atoms with Gasteiger partial charge >= 0.3 is 0 Å². The van der Waals surface area contributed by atoms with Crippen molar-refractivity contribution in [3.63, 3.8) is 0 Å². The van der Waals surface area contributed by atoms with Crippen molar-refractivity contribution in [1.82, 2.24) is 4.98 Å². The first-order chi connectivity index (χ1) is 11.8. The summed E-state index contributed by atoms with van der Waals surface area (Å²) < 4.78 is 0. The predicted molar refractivity (Wildman–Crippen MR) is 96.5 cm³/mol. The summed E-state index contributed by atoms with van der Waals surface area (Å²) in [5, 5.41) is 3.01. The van der Waals surface area contributed by atoms with Gasteiger partial charge in [-0.1, -0.05) is 37.3 Å². The Bertz CT molecular complexity index is 737. The molecule has 1 aliphatic rings. The zero-order valence-electron chi connectivity index (χ0n) is 13.8. The van der Waals surface area contributed by atoms with Crippen molar-refractivity contribution in [2.75, 3.05) is 5.32 Å². The third kappa shape index (κ3) is 4.96. The molecule has 0 radical (unpaired) electrons. The maximum absolute atomic E-state index is 12.2. The molecule has 1 aliphatic carbocycles. The van der Waals surface area contributed by atoms with Crippen LogP contribution in [0, 0.1) is 17.8 Å². The Morgan fingerprint density at radius 2 is 1.96 bits per heavy atom. The smallest absolute Gasteiger partial charge is 0.224 e. The Morgan fingerprint density at radius 1 is 1.08 bits per heavy atom. The van der Waals surface area contributed by atoms with E-state index >= 15 is 0 Å². The number of benzene rings is 1. The number of hydrogen-bond donors (Lipinski definition) is 1. The second-order valence-corrected chi connectivity index (χ2v) is 6.30. The minimum atomic E-state index is 0.108. The first-order valence-electron chi connectivity index (χ1n) is 8.62. The van der Waals surface area contributed by atoms with E-state index < -0.39 is 0 Å². The fourth-order valence-corrected chi connectivity index (χ4v) is 3.11. The van der Waals surface area contributed by atoms with Crippen LogP contribution in [-0.2, 0) is 4.79 Å². The number of aromatic nitrogens is 1. The van der Waals surface area contributed by atoms with E-state index in [1.807, 2.05) is 42.5 Å². The molecule has 2 aromatic rings. The largest absolute Gasteiger partial charge is 0.326 e. The van der Waals surface area contributed by atoms with Crippen molar-refractivity contribution in [2.45, 2.75) is 38.5 Å². The third-order valence-electron chi connectivity index (χ3n) is 4.34. The monoisotopic (exact) mass is 318 g/mol. The van der Waals surface area contributed by atoms with Crippen LogP contribution in [0.3, 0.4) is 0 Å². The zero-order valence-corrected chi connectivity index (χ0v) is 13.8. The molecule has 3 heteroatoms. The average molecular weight is 318 g/mol. The zero-order chi connectivity index (χ0) is 16.6. The number of hydrogen-bond acceptors (Lipinski definition) is 2. The Kier molecular flexibility index (Phi) is 5.63. The van der Waals surface area contributed by atoms with Crippen LogP contribution in [-0.4, -0.2) is 10.9 Å². The second kappa shape index (κ2) is 8.31. The molecule has 1 N–H and O–H groups in total. The second-order valence-electron chi connectivity index (χ2n) is 6.30. The summed E-state index contributed by atoms with van der Waals surface area (Å²) in [6.45, 7) is 0. The maximum atomic E-state index is 12.2. The molecule has 1 aromatic heterocycles. The van der Waals surface area contributed by atoms with Crippen LogP contribution < -0.4 is 5.32 Å². The molecule has 0 unspecified atom stereocenters. The van der Waals surface area contributed by atoms with Crippen molar-refractivity contribution in [2.24, 2.45) is 5.92 Å². The van der Waals surface area contributed by atoms with Gasteiger partial charge in [-0.15, -0.1) is 0 Å². The SMILES string of the molecule is O=C(CC1CCCCC1)Nc1cccc(C#Cc2ccccn2)c1. The van der Waals surface area contributed by atoms with Crippen LogP contribution in [0.5, 0.6) is 0 Å². The molecule has 0 atom stereocenters. The van der Waals surface area contributed by atoms with Crippen LogP contribution in [0.25, 0.3) is 0 Å². The molecular weight excluding hydrogens is 296 g/mol. The molecule has 1 fully saturated rings. The van der Waals surface area contributed by atoms with Crippen molar-refractivity contribution in [1.29, 1.82) is 0 Å². The standard InChI is InChI=1S/C21H22N2O/c24-21(16-17-7-2-1-3-8-17)23-20-11-6-9-18(15-20)12-13-19-10-4-5-14-22-19/h4-6,9-11,14-15,17H,1-3,7-8,16H2,(H,23,24). The Hall–Kier alpha value is -2.60. The van der Waals surface area contributed by atoms with Gasteiger partial charge in [0.15, 0.2) is 0 Å². The van der Waals surface area contributed by atoms with E-state index in [0.29, 0.717) is 12.3 Å². The summed E-state index contributed by atoms with van der Waals surface area (Å²) in [4.78, 5) is 16.4. The minimum absolute atomic E-state index is 0.108. The van der Waals surface area contributed by atoms with Crippen molar-refractivity contribution >= 4 is 11.6 Å². The normalized spacial score (nSPS) is 14.5. The summed E-state index contributed by atoms with van der Waals surface area (Å²) in [5.41, 5.74) is 2.42. The van der Waals surface area contributed by atoms with Crippen molar-refractivity contribution in [3.05, 3.63) is 59.9 Å². The van der Waals surface area contributed by atoms with Crippen LogP contribution in [0.15, 0.2) is 48.7 Å². The van der Waals surface area contributed by atoms with Crippen LogP contribution >= 0.6 is 0 Å². The van der Waals surface area contributed by atoms with E-state index in [9.17, 15) is 4.79 Å². The van der Waals surface area contributed by atoms with Crippen molar-refractivity contribution < 1.29 is 4.79 Å². The molecular formula is C21H22N2O. The number of anilines is 1. The minimum Gasteiger partial charge on any atom is -0.326 e. The van der Waals surface area contributed by atoms with Gasteiger partial charge in [0, 0.05) is 23.9 Å². The van der Waals surface area contributed by atoms with E-state index in [2.05, 4.69) is 22.1 Å². The molecule has 1 amide bonds. The van der Waals surface area contributed by atoms with Gasteiger partial charge in [-0.25, -0.2) is 4.98 Å². The number of carbonyl (C=O) groups excluding carboxylic acids is 1. The number of pyridine rings is 1. The van der Waals surface area contributed by atoms with Gasteiger partial charge in [0.2, 0.25) is 5.91 Å². The van der Waals surface area contributed by atoms with E-state index in [0.717, 1.165) is 16.9 Å². The van der Waals surface area contributed by atoms with Crippen molar-refractivity contribution in [3.8, 4) is 11.8 Å². The molecule has 1 aromatic carbocycles. The lowest BCUT2D eigenvalue weighted by Crippen LogP contribution is -2.18. The fourth-order valence-electron chi connectivity index (χ4n) is 3.11. The molecule has 1 heterocycles. The Morgan fingerprint density at radius 3 is 2.75 bits per heavy atom. The summed E-state index contributed by atoms with van der Waals surface area (Å²) in [7, 11) is 0. The third-order valence-corrected chi connectivity index (χ3v) is 4.34. The molecule has 1 saturated carbocycles. The highest BCUT2D eigenvalue weighted by atomic mass is 16.1. The summed E-state index contributed by atoms with van der Waals surface area (Å²) >= 11 is 0. The lowest BCUT2D eigenvalue weighted by molar-refractivity contribution is -0.117. The molecule has 0 spiro atoms. The van der Waals surface area contributed by atoms with Gasteiger partial charge in [-0.3, -0.25) is 4.79 Å². The molecule has 3 rings (SSSR count). The summed E-state index contributed by atoms with van der Waals surface area (Å²) in [6.07, 6.45) is 8.56. The highest BCUT2D eigenvalue weighted by Gasteiger charge is 2.16. The maximum Gasteiger partial charge on any atom is 0.224 e. The number of nitrogens with one attached hydrogen (secondary N) is 1. The predicted octanol–water partition coefficient (Wildman–Crippen LogP) is 4.39. The fraction of sp³-hybridized carbons (Fsp3) is 0.333. The Balaban J connectivity index is 1.60. The number of nitrogens with zero attached hydrogens (tertiary/aromatic N) is 1. The summed E-state index contributed by atoms with van der Waals surface area (Å²) in [6, 6.07) is 13.3. The van der Waals surface area contributed by atoms with E-state index in [1.165, 1.54) is 32.1 Å². The average Bonchev–Trinajstić information content (AvgIpc) is 2.62. The molecule has 3 nitrogen and oxygen atoms in total. The van der Waals surface area contributed by atoms with Gasteiger partial charge in [-0.2, -0.15) is 0 Å². The lowest BCUT2D eigenvalue weighted by atomic mass is 9.87. The lowest BCUT2D eigenvalue weighted by Gasteiger charge is -2.20. The van der Waals surface area contributed by atoms with Gasteiger partial charge in [-0.05, 0) is 55.0 Å². The molecule has 122 valence electrons. The summed E-state index contributed by atoms with van der Waals surface area (Å²) in [5.74, 6) is 6.78. The van der Waals surface area contributed by atoms with Crippen LogP contribution in [0.4, 0.5) is 5.69 Å². The number of amides is 1. The molecule has 0 bridgehead atoms. The van der Waals surface area contributed by atoms with Crippen LogP contribution in [0.2, 0.25) is 0 Å². The number of rotatable bonds is 3. The highest BCUT2D eigenvalue weighted by molar-refractivity contribution is 5.91. The van der Waals surface area contributed by atoms with E-state index in [-0.39, 0.29) is 5.91 Å². The molecule has 24 heavy (non-hydrogen) atoms. The van der Waals surface area contributed by atoms with E-state index in [4.69, 9.17) is 0 Å². The molecule has 0 aliphatic heterocycles. The van der Waals surface area contributed by atoms with Crippen LogP contribution in [0.1, 0.15) is 49.8 Å². The van der Waals surface area contributed by atoms with Gasteiger partial charge in [0.25, 0.3) is 0 Å². The molecule has 0 saturated heterocycles. The first kappa shape index (κ1) is 16.3. The number of carbonyl (C=O) groups is 1. The quantitative estimate of drug-likeness (QED) is 0.853.